The summed E-state index contributed by atoms with van der Waals surface area (Å²) in [6.45, 7) is 0. The van der Waals surface area contributed by atoms with Crippen molar-refractivity contribution in [3.05, 3.63) is 30.0 Å². The van der Waals surface area contributed by atoms with Gasteiger partial charge in [-0.15, -0.1) is 0 Å². The lowest BCUT2D eigenvalue weighted by Crippen LogP contribution is -2.46. The van der Waals surface area contributed by atoms with E-state index in [1.807, 2.05) is 0 Å². The van der Waals surface area contributed by atoms with Crippen LogP contribution < -0.4 is 5.32 Å². The van der Waals surface area contributed by atoms with Crippen molar-refractivity contribution in [3.8, 4) is 0 Å². The third-order valence-corrected chi connectivity index (χ3v) is 4.45. The van der Waals surface area contributed by atoms with Gasteiger partial charge in [-0.1, -0.05) is 19.3 Å². The van der Waals surface area contributed by atoms with E-state index in [9.17, 15) is 9.59 Å². The van der Waals surface area contributed by atoms with Crippen molar-refractivity contribution >= 4 is 28.5 Å². The Hall–Kier alpha value is -2.34. The van der Waals surface area contributed by atoms with Crippen molar-refractivity contribution in [2.45, 2.75) is 37.7 Å². The number of hydrogen-bond donors (Lipinski definition) is 2. The Morgan fingerprint density at radius 1 is 1.22 bits per heavy atom. The summed E-state index contributed by atoms with van der Waals surface area (Å²) in [6.07, 6.45) is 4.50. The Bertz CT molecular complexity index is 743. The molecular formula is C17H19NO5. The summed E-state index contributed by atoms with van der Waals surface area (Å²) in [5.74, 6) is -1.39. The number of fused-ring (bicyclic) bond motifs is 1. The van der Waals surface area contributed by atoms with Gasteiger partial charge in [0.1, 0.15) is 11.2 Å². The first-order valence-corrected chi connectivity index (χ1v) is 7.67. The maximum Gasteiger partial charge on any atom is 0.371 e. The van der Waals surface area contributed by atoms with Crippen LogP contribution in [0.4, 0.5) is 5.69 Å². The van der Waals surface area contributed by atoms with Crippen molar-refractivity contribution < 1.29 is 23.8 Å². The first-order valence-electron chi connectivity index (χ1n) is 7.67. The van der Waals surface area contributed by atoms with Gasteiger partial charge in [-0.05, 0) is 37.1 Å². The first-order chi connectivity index (χ1) is 11.0. The van der Waals surface area contributed by atoms with Gasteiger partial charge in [-0.2, -0.15) is 0 Å². The number of hydrogen-bond acceptors (Lipinski definition) is 4. The summed E-state index contributed by atoms with van der Waals surface area (Å²) < 4.78 is 10.7. The average molecular weight is 317 g/mol. The Labute approximate surface area is 133 Å². The number of carbonyl (C=O) groups excluding carboxylic acids is 1. The third-order valence-electron chi connectivity index (χ3n) is 4.45. The summed E-state index contributed by atoms with van der Waals surface area (Å²) in [5, 5.41) is 12.5. The van der Waals surface area contributed by atoms with Gasteiger partial charge in [-0.3, -0.25) is 4.79 Å². The number of benzene rings is 1. The summed E-state index contributed by atoms with van der Waals surface area (Å²) in [5.41, 5.74) is 0.303. The predicted molar refractivity (Wildman–Crippen MR) is 84.6 cm³/mol. The fourth-order valence-electron chi connectivity index (χ4n) is 3.12. The number of methoxy groups -OCH3 is 1. The van der Waals surface area contributed by atoms with E-state index in [1.165, 1.54) is 6.07 Å². The molecule has 0 spiro atoms. The fourth-order valence-corrected chi connectivity index (χ4v) is 3.12. The molecule has 1 amide bonds. The summed E-state index contributed by atoms with van der Waals surface area (Å²) in [6, 6.07) is 6.49. The molecular weight excluding hydrogens is 298 g/mol. The fraction of sp³-hybridized carbons (Fsp3) is 0.412. The highest BCUT2D eigenvalue weighted by molar-refractivity contribution is 5.99. The van der Waals surface area contributed by atoms with Crippen LogP contribution in [0.5, 0.6) is 0 Å². The van der Waals surface area contributed by atoms with Crippen molar-refractivity contribution in [2.24, 2.45) is 0 Å². The first kappa shape index (κ1) is 15.6. The van der Waals surface area contributed by atoms with E-state index < -0.39 is 11.6 Å². The number of aromatic carboxylic acids is 1. The SMILES string of the molecule is COC1(C(=O)Nc2ccc3oc(C(=O)O)cc3c2)CCCCC1. The molecule has 122 valence electrons. The summed E-state index contributed by atoms with van der Waals surface area (Å²) >= 11 is 0. The normalized spacial score (nSPS) is 17.1. The second kappa shape index (κ2) is 6.04. The number of carbonyl (C=O) groups is 2. The second-order valence-corrected chi connectivity index (χ2v) is 5.88. The van der Waals surface area contributed by atoms with Gasteiger partial charge in [-0.25, -0.2) is 4.79 Å². The van der Waals surface area contributed by atoms with E-state index in [2.05, 4.69) is 5.32 Å². The largest absolute Gasteiger partial charge is 0.475 e. The van der Waals surface area contributed by atoms with Crippen molar-refractivity contribution in [1.29, 1.82) is 0 Å². The molecule has 1 aliphatic rings. The minimum atomic E-state index is -1.12. The van der Waals surface area contributed by atoms with E-state index in [0.717, 1.165) is 19.3 Å². The van der Waals surface area contributed by atoms with Gasteiger partial charge in [0.25, 0.3) is 5.91 Å². The topological polar surface area (TPSA) is 88.8 Å². The molecule has 1 saturated carbocycles. The Morgan fingerprint density at radius 3 is 2.61 bits per heavy atom. The van der Waals surface area contributed by atoms with E-state index in [4.69, 9.17) is 14.3 Å². The minimum Gasteiger partial charge on any atom is -0.475 e. The molecule has 1 aromatic carbocycles. The molecule has 3 rings (SSSR count). The molecule has 23 heavy (non-hydrogen) atoms. The Kier molecular flexibility index (Phi) is 4.09. The number of ether oxygens (including phenoxy) is 1. The average Bonchev–Trinajstić information content (AvgIpc) is 2.99. The number of furan rings is 1. The van der Waals surface area contributed by atoms with Gasteiger partial charge in [0.2, 0.25) is 5.76 Å². The summed E-state index contributed by atoms with van der Waals surface area (Å²) in [4.78, 5) is 23.6. The standard InChI is InChI=1S/C17H19NO5/c1-22-17(7-3-2-4-8-17)16(21)18-12-5-6-13-11(9-12)10-14(23-13)15(19)20/h5-6,9-10H,2-4,7-8H2,1H3,(H,18,21)(H,19,20). The number of carboxylic acid groups (broad SMARTS) is 1. The molecule has 1 aliphatic carbocycles. The van der Waals surface area contributed by atoms with Gasteiger partial charge in [0.15, 0.2) is 0 Å². The Morgan fingerprint density at radius 2 is 1.96 bits per heavy atom. The molecule has 0 bridgehead atoms. The zero-order valence-electron chi connectivity index (χ0n) is 12.9. The van der Waals surface area contributed by atoms with Gasteiger partial charge in [0, 0.05) is 18.2 Å². The molecule has 2 aromatic rings. The van der Waals surface area contributed by atoms with E-state index in [0.29, 0.717) is 29.5 Å². The summed E-state index contributed by atoms with van der Waals surface area (Å²) in [7, 11) is 1.57. The number of anilines is 1. The lowest BCUT2D eigenvalue weighted by Gasteiger charge is -2.34. The smallest absolute Gasteiger partial charge is 0.371 e. The van der Waals surface area contributed by atoms with E-state index in [1.54, 1.807) is 25.3 Å². The van der Waals surface area contributed by atoms with Gasteiger partial charge >= 0.3 is 5.97 Å². The van der Waals surface area contributed by atoms with Gasteiger partial charge in [0.05, 0.1) is 0 Å². The lowest BCUT2D eigenvalue weighted by molar-refractivity contribution is -0.141. The van der Waals surface area contributed by atoms with E-state index >= 15 is 0 Å². The Balaban J connectivity index is 1.82. The molecule has 1 fully saturated rings. The second-order valence-electron chi connectivity index (χ2n) is 5.88. The number of carboxylic acids is 1. The van der Waals surface area contributed by atoms with Gasteiger partial charge < -0.3 is 19.6 Å². The zero-order chi connectivity index (χ0) is 16.4. The third kappa shape index (κ3) is 2.94. The minimum absolute atomic E-state index is 0.121. The van der Waals surface area contributed by atoms with Crippen molar-refractivity contribution in [1.82, 2.24) is 0 Å². The highest BCUT2D eigenvalue weighted by Gasteiger charge is 2.39. The van der Waals surface area contributed by atoms with Crippen LogP contribution in [0, 0.1) is 0 Å². The maximum atomic E-state index is 12.6. The van der Waals surface area contributed by atoms with Crippen molar-refractivity contribution in [3.63, 3.8) is 0 Å². The lowest BCUT2D eigenvalue weighted by atomic mass is 9.84. The molecule has 0 saturated heterocycles. The van der Waals surface area contributed by atoms with Crippen LogP contribution in [0.25, 0.3) is 11.0 Å². The zero-order valence-corrected chi connectivity index (χ0v) is 12.9. The molecule has 0 aliphatic heterocycles. The molecule has 2 N–H and O–H groups in total. The van der Waals surface area contributed by atoms with Crippen LogP contribution in [-0.2, 0) is 9.53 Å². The van der Waals surface area contributed by atoms with Crippen LogP contribution in [-0.4, -0.2) is 29.7 Å². The predicted octanol–water partition coefficient (Wildman–Crippen LogP) is 3.42. The van der Waals surface area contributed by atoms with E-state index in [-0.39, 0.29) is 11.7 Å². The molecule has 0 unspecified atom stereocenters. The molecule has 0 radical (unpaired) electrons. The molecule has 1 aromatic heterocycles. The molecule has 0 atom stereocenters. The highest BCUT2D eigenvalue weighted by atomic mass is 16.5. The molecule has 6 heteroatoms. The quantitative estimate of drug-likeness (QED) is 0.902. The van der Waals surface area contributed by atoms with Crippen LogP contribution in [0.2, 0.25) is 0 Å². The maximum absolute atomic E-state index is 12.6. The highest BCUT2D eigenvalue weighted by Crippen LogP contribution is 2.32. The van der Waals surface area contributed by atoms with Crippen LogP contribution >= 0.6 is 0 Å². The van der Waals surface area contributed by atoms with Crippen molar-refractivity contribution in [2.75, 3.05) is 12.4 Å². The van der Waals surface area contributed by atoms with Crippen LogP contribution in [0.15, 0.2) is 28.7 Å². The molecule has 1 heterocycles. The van der Waals surface area contributed by atoms with Crippen LogP contribution in [0.1, 0.15) is 42.7 Å². The number of nitrogens with one attached hydrogen (secondary N) is 1. The molecule has 6 nitrogen and oxygen atoms in total. The number of amides is 1. The van der Waals surface area contributed by atoms with Crippen LogP contribution in [0.3, 0.4) is 0 Å². The number of rotatable bonds is 4. The monoisotopic (exact) mass is 317 g/mol.